The van der Waals surface area contributed by atoms with Crippen LogP contribution in [-0.2, 0) is 26.3 Å². The lowest BCUT2D eigenvalue weighted by atomic mass is 10.1. The number of carbonyl (C=O) groups is 2. The van der Waals surface area contributed by atoms with Crippen molar-refractivity contribution in [3.8, 4) is 5.75 Å². The maximum atomic E-state index is 14.0. The molecule has 210 valence electrons. The van der Waals surface area contributed by atoms with Gasteiger partial charge in [-0.15, -0.1) is 0 Å². The van der Waals surface area contributed by atoms with Gasteiger partial charge in [0.25, 0.3) is 0 Å². The predicted molar refractivity (Wildman–Crippen MR) is 151 cm³/mol. The van der Waals surface area contributed by atoms with Crippen LogP contribution in [0.25, 0.3) is 0 Å². The Balaban J connectivity index is 2.55. The number of ether oxygens (including phenoxy) is 1. The van der Waals surface area contributed by atoms with Crippen LogP contribution in [-0.4, -0.2) is 69.8 Å². The van der Waals surface area contributed by atoms with Crippen molar-refractivity contribution in [2.45, 2.75) is 53.6 Å². The predicted octanol–water partition coefficient (Wildman–Crippen LogP) is 3.50. The van der Waals surface area contributed by atoms with E-state index in [-0.39, 0.29) is 18.4 Å². The third-order valence-electron chi connectivity index (χ3n) is 6.21. The number of nitrogens with zero attached hydrogens (tertiary/aromatic N) is 3. The van der Waals surface area contributed by atoms with Gasteiger partial charge in [-0.25, -0.2) is 4.31 Å². The molecule has 10 heteroatoms. The van der Waals surface area contributed by atoms with Crippen LogP contribution in [0.1, 0.15) is 43.9 Å². The molecule has 0 bridgehead atoms. The van der Waals surface area contributed by atoms with Crippen molar-refractivity contribution < 1.29 is 22.7 Å². The highest BCUT2D eigenvalue weighted by molar-refractivity contribution is 7.90. The quantitative estimate of drug-likeness (QED) is 0.415. The molecule has 0 aliphatic carbocycles. The maximum absolute atomic E-state index is 14.0. The Labute approximate surface area is 227 Å². The van der Waals surface area contributed by atoms with Gasteiger partial charge < -0.3 is 15.0 Å². The molecule has 0 spiro atoms. The average molecular weight is 547 g/mol. The molecule has 0 aliphatic heterocycles. The van der Waals surface area contributed by atoms with E-state index in [9.17, 15) is 18.0 Å². The minimum atomic E-state index is -4.02. The van der Waals surface area contributed by atoms with Crippen LogP contribution in [0, 0.1) is 19.8 Å². The number of amides is 2. The molecule has 0 aromatic heterocycles. The minimum Gasteiger partial charge on any atom is -0.497 e. The summed E-state index contributed by atoms with van der Waals surface area (Å²) in [6.45, 7) is 9.63. The van der Waals surface area contributed by atoms with Crippen LogP contribution in [0.3, 0.4) is 0 Å². The first-order valence-corrected chi connectivity index (χ1v) is 14.2. The van der Waals surface area contributed by atoms with Crippen molar-refractivity contribution >= 4 is 27.7 Å². The molecule has 9 nitrogen and oxygen atoms in total. The van der Waals surface area contributed by atoms with Crippen LogP contribution < -0.4 is 14.4 Å². The molecule has 0 heterocycles. The molecule has 2 amide bonds. The highest BCUT2D eigenvalue weighted by atomic mass is 32.2. The number of hydrogen-bond donors (Lipinski definition) is 1. The summed E-state index contributed by atoms with van der Waals surface area (Å²) in [6, 6.07) is 12.0. The van der Waals surface area contributed by atoms with Crippen molar-refractivity contribution in [3.63, 3.8) is 0 Å². The Morgan fingerprint density at radius 3 is 2.32 bits per heavy atom. The summed E-state index contributed by atoms with van der Waals surface area (Å²) in [5.74, 6) is 0.111. The van der Waals surface area contributed by atoms with Crippen LogP contribution in [0.2, 0.25) is 0 Å². The molecule has 0 unspecified atom stereocenters. The van der Waals surface area contributed by atoms with E-state index >= 15 is 0 Å². The third-order valence-corrected chi connectivity index (χ3v) is 8.02. The smallest absolute Gasteiger partial charge is 0.304 e. The summed E-state index contributed by atoms with van der Waals surface area (Å²) in [6.07, 6.45) is 0.365. The van der Waals surface area contributed by atoms with Gasteiger partial charge >= 0.3 is 10.2 Å². The monoisotopic (exact) mass is 546 g/mol. The number of aryl methyl sites for hydroxylation is 2. The summed E-state index contributed by atoms with van der Waals surface area (Å²) >= 11 is 0. The first kappa shape index (κ1) is 31.1. The normalized spacial score (nSPS) is 12.4. The van der Waals surface area contributed by atoms with E-state index in [0.29, 0.717) is 24.4 Å². The van der Waals surface area contributed by atoms with Crippen LogP contribution in [0.15, 0.2) is 42.5 Å². The first-order chi connectivity index (χ1) is 17.8. The Kier molecular flexibility index (Phi) is 11.1. The van der Waals surface area contributed by atoms with E-state index in [1.165, 1.54) is 19.0 Å². The van der Waals surface area contributed by atoms with E-state index in [4.69, 9.17) is 4.74 Å². The van der Waals surface area contributed by atoms with Crippen molar-refractivity contribution in [3.05, 3.63) is 59.2 Å². The molecule has 1 N–H and O–H groups in total. The van der Waals surface area contributed by atoms with E-state index in [2.05, 4.69) is 5.32 Å². The molecule has 1 atom stereocenters. The number of rotatable bonds is 13. The lowest BCUT2D eigenvalue weighted by molar-refractivity contribution is -0.140. The zero-order chi connectivity index (χ0) is 28.6. The fraction of sp³-hybridized carbons (Fsp3) is 0.500. The molecule has 2 rings (SSSR count). The maximum Gasteiger partial charge on any atom is 0.304 e. The Morgan fingerprint density at radius 1 is 1.05 bits per heavy atom. The fourth-order valence-corrected chi connectivity index (χ4v) is 5.11. The Hall–Kier alpha value is -3.11. The largest absolute Gasteiger partial charge is 0.497 e. The van der Waals surface area contributed by atoms with Gasteiger partial charge in [0.2, 0.25) is 11.8 Å². The minimum absolute atomic E-state index is 0.117. The third kappa shape index (κ3) is 7.94. The van der Waals surface area contributed by atoms with Gasteiger partial charge in [0.05, 0.1) is 12.8 Å². The van der Waals surface area contributed by atoms with Gasteiger partial charge in [0.15, 0.2) is 0 Å². The van der Waals surface area contributed by atoms with E-state index in [1.54, 1.807) is 32.2 Å². The summed E-state index contributed by atoms with van der Waals surface area (Å²) in [5.41, 5.74) is 2.77. The highest BCUT2D eigenvalue weighted by Gasteiger charge is 2.34. The number of carbonyl (C=O) groups excluding carboxylic acids is 2. The van der Waals surface area contributed by atoms with E-state index in [1.807, 2.05) is 52.0 Å². The topological polar surface area (TPSA) is 99.3 Å². The summed E-state index contributed by atoms with van der Waals surface area (Å²) < 4.78 is 34.4. The molecule has 0 aliphatic rings. The number of nitrogens with one attached hydrogen (secondary N) is 1. The summed E-state index contributed by atoms with van der Waals surface area (Å²) in [7, 11) is 0.402. The van der Waals surface area contributed by atoms with Crippen LogP contribution in [0.5, 0.6) is 5.75 Å². The molecular formula is C28H42N4O5S. The van der Waals surface area contributed by atoms with Gasteiger partial charge in [-0.1, -0.05) is 45.0 Å². The molecule has 0 saturated carbocycles. The first-order valence-electron chi connectivity index (χ1n) is 12.8. The van der Waals surface area contributed by atoms with Gasteiger partial charge in [-0.2, -0.15) is 12.7 Å². The molecule has 0 radical (unpaired) electrons. The fourth-order valence-electron chi connectivity index (χ4n) is 4.00. The molecule has 38 heavy (non-hydrogen) atoms. The molecule has 2 aromatic carbocycles. The molecule has 0 fully saturated rings. The average Bonchev–Trinajstić information content (AvgIpc) is 2.87. The van der Waals surface area contributed by atoms with Crippen molar-refractivity contribution in [2.24, 2.45) is 5.92 Å². The Morgan fingerprint density at radius 2 is 1.74 bits per heavy atom. The molecule has 0 saturated heterocycles. The van der Waals surface area contributed by atoms with Crippen LogP contribution in [0.4, 0.5) is 5.69 Å². The Bertz CT molecular complexity index is 1210. The molecular weight excluding hydrogens is 504 g/mol. The van der Waals surface area contributed by atoms with Crippen LogP contribution >= 0.6 is 0 Å². The standard InChI is InChI=1S/C28H42N4O5S/c1-9-25(28(34)29-17-20(2)3)31(18-23-11-10-12-24(16-23)37-8)27(33)19-32(38(35,36)30(6)7)26-15-21(4)13-14-22(26)5/h10-16,20,25H,9,17-19H2,1-8H3,(H,29,34)/t25-/m0/s1. The van der Waals surface area contributed by atoms with Crippen molar-refractivity contribution in [1.82, 2.24) is 14.5 Å². The second kappa shape index (κ2) is 13.6. The van der Waals surface area contributed by atoms with Gasteiger partial charge in [0, 0.05) is 27.2 Å². The van der Waals surface area contributed by atoms with Gasteiger partial charge in [-0.3, -0.25) is 9.59 Å². The molecule has 2 aromatic rings. The van der Waals surface area contributed by atoms with E-state index < -0.39 is 28.7 Å². The number of benzene rings is 2. The zero-order valence-corrected chi connectivity index (χ0v) is 24.6. The second-order valence-electron chi connectivity index (χ2n) is 10.0. The SMILES string of the molecule is CC[C@@H](C(=O)NCC(C)C)N(Cc1cccc(OC)c1)C(=O)CN(c1cc(C)ccc1C)S(=O)(=O)N(C)C. The van der Waals surface area contributed by atoms with E-state index in [0.717, 1.165) is 25.3 Å². The lowest BCUT2D eigenvalue weighted by Crippen LogP contribution is -2.53. The number of hydrogen-bond acceptors (Lipinski definition) is 5. The zero-order valence-electron chi connectivity index (χ0n) is 23.8. The number of anilines is 1. The van der Waals surface area contributed by atoms with Crippen molar-refractivity contribution in [1.29, 1.82) is 0 Å². The number of methoxy groups -OCH3 is 1. The summed E-state index contributed by atoms with van der Waals surface area (Å²) in [4.78, 5) is 28.7. The highest BCUT2D eigenvalue weighted by Crippen LogP contribution is 2.26. The summed E-state index contributed by atoms with van der Waals surface area (Å²) in [5, 5.41) is 2.93. The van der Waals surface area contributed by atoms with Gasteiger partial charge in [-0.05, 0) is 61.1 Å². The van der Waals surface area contributed by atoms with Crippen molar-refractivity contribution in [2.75, 3.05) is 38.6 Å². The lowest BCUT2D eigenvalue weighted by Gasteiger charge is -2.34. The second-order valence-corrected chi connectivity index (χ2v) is 12.1. The van der Waals surface area contributed by atoms with Gasteiger partial charge in [0.1, 0.15) is 18.3 Å².